The fourth-order valence-electron chi connectivity index (χ4n) is 1.98. The van der Waals surface area contributed by atoms with Gasteiger partial charge in [-0.15, -0.1) is 11.3 Å². The van der Waals surface area contributed by atoms with Gasteiger partial charge in [-0.2, -0.15) is 0 Å². The van der Waals surface area contributed by atoms with Gasteiger partial charge >= 0.3 is 0 Å². The zero-order valence-electron chi connectivity index (χ0n) is 10.3. The molecule has 1 aromatic rings. The molecular weight excluding hydrogens is 220 g/mol. The summed E-state index contributed by atoms with van der Waals surface area (Å²) in [5, 5.41) is 3.43. The Hall–Kier alpha value is -0.450. The van der Waals surface area contributed by atoms with Crippen molar-refractivity contribution in [3.63, 3.8) is 0 Å². The first-order valence-electron chi connectivity index (χ1n) is 5.98. The third-order valence-electron chi connectivity index (χ3n) is 3.00. The molecule has 0 amide bonds. The molecule has 1 saturated heterocycles. The van der Waals surface area contributed by atoms with E-state index in [1.165, 1.54) is 10.7 Å². The molecule has 1 aromatic heterocycles. The number of ether oxygens (including phenoxy) is 1. The highest BCUT2D eigenvalue weighted by molar-refractivity contribution is 7.09. The van der Waals surface area contributed by atoms with Crippen LogP contribution in [0, 0.1) is 0 Å². The standard InChI is InChI=1S/C12H20N2OS/c1-4-12-13-11(8-16-12)6-14-5-10(3)15-7-9(14)2/h8-10H,4-7H2,1-3H3/t9-,10-/m0/s1. The molecule has 1 aliphatic heterocycles. The Kier molecular flexibility index (Phi) is 3.95. The van der Waals surface area contributed by atoms with Crippen molar-refractivity contribution < 1.29 is 4.74 Å². The molecule has 2 atom stereocenters. The number of rotatable bonds is 3. The van der Waals surface area contributed by atoms with Gasteiger partial charge in [0, 0.05) is 24.5 Å². The Labute approximate surface area is 101 Å². The molecule has 0 saturated carbocycles. The molecule has 0 unspecified atom stereocenters. The summed E-state index contributed by atoms with van der Waals surface area (Å²) in [6.07, 6.45) is 1.39. The second-order valence-electron chi connectivity index (χ2n) is 4.51. The molecule has 0 bridgehead atoms. The molecule has 0 aliphatic carbocycles. The minimum Gasteiger partial charge on any atom is -0.376 e. The van der Waals surface area contributed by atoms with E-state index in [1.807, 2.05) is 0 Å². The molecule has 3 nitrogen and oxygen atoms in total. The zero-order valence-corrected chi connectivity index (χ0v) is 11.1. The van der Waals surface area contributed by atoms with Crippen LogP contribution in [0.4, 0.5) is 0 Å². The van der Waals surface area contributed by atoms with Gasteiger partial charge in [0.1, 0.15) is 0 Å². The van der Waals surface area contributed by atoms with E-state index < -0.39 is 0 Å². The van der Waals surface area contributed by atoms with Crippen molar-refractivity contribution in [1.82, 2.24) is 9.88 Å². The summed E-state index contributed by atoms with van der Waals surface area (Å²) >= 11 is 1.77. The first-order valence-corrected chi connectivity index (χ1v) is 6.86. The van der Waals surface area contributed by atoms with Gasteiger partial charge < -0.3 is 4.74 Å². The molecule has 0 aromatic carbocycles. The van der Waals surface area contributed by atoms with Crippen LogP contribution >= 0.6 is 11.3 Å². The van der Waals surface area contributed by atoms with E-state index in [-0.39, 0.29) is 0 Å². The van der Waals surface area contributed by atoms with E-state index in [0.29, 0.717) is 12.1 Å². The highest BCUT2D eigenvalue weighted by atomic mass is 32.1. The molecule has 16 heavy (non-hydrogen) atoms. The second kappa shape index (κ2) is 5.25. The van der Waals surface area contributed by atoms with Gasteiger partial charge in [0.2, 0.25) is 0 Å². The molecule has 0 N–H and O–H groups in total. The van der Waals surface area contributed by atoms with Crippen molar-refractivity contribution in [3.8, 4) is 0 Å². The van der Waals surface area contributed by atoms with E-state index in [1.54, 1.807) is 11.3 Å². The zero-order chi connectivity index (χ0) is 11.5. The SMILES string of the molecule is CCc1nc(CN2C[C@H](C)OC[C@@H]2C)cs1. The quantitative estimate of drug-likeness (QED) is 0.810. The van der Waals surface area contributed by atoms with Crippen LogP contribution in [0.25, 0.3) is 0 Å². The predicted molar refractivity (Wildman–Crippen MR) is 66.8 cm³/mol. The number of thiazole rings is 1. The average Bonchev–Trinajstić information content (AvgIpc) is 2.71. The largest absolute Gasteiger partial charge is 0.376 e. The third kappa shape index (κ3) is 2.81. The maximum Gasteiger partial charge on any atom is 0.0926 e. The number of hydrogen-bond donors (Lipinski definition) is 0. The number of morpholine rings is 1. The second-order valence-corrected chi connectivity index (χ2v) is 5.45. The van der Waals surface area contributed by atoms with Crippen molar-refractivity contribution in [1.29, 1.82) is 0 Å². The smallest absolute Gasteiger partial charge is 0.0926 e. The summed E-state index contributed by atoms with van der Waals surface area (Å²) in [7, 11) is 0. The molecule has 1 aliphatic rings. The lowest BCUT2D eigenvalue weighted by molar-refractivity contribution is -0.0530. The number of aryl methyl sites for hydroxylation is 1. The summed E-state index contributed by atoms with van der Waals surface area (Å²) in [6, 6.07) is 0.503. The van der Waals surface area contributed by atoms with Crippen LogP contribution < -0.4 is 0 Å². The summed E-state index contributed by atoms with van der Waals surface area (Å²) in [5.74, 6) is 0. The van der Waals surface area contributed by atoms with Crippen molar-refractivity contribution in [2.24, 2.45) is 0 Å². The van der Waals surface area contributed by atoms with Crippen LogP contribution in [0.5, 0.6) is 0 Å². The molecule has 1 fully saturated rings. The molecule has 0 radical (unpaired) electrons. The predicted octanol–water partition coefficient (Wildman–Crippen LogP) is 2.31. The minimum atomic E-state index is 0.348. The van der Waals surface area contributed by atoms with E-state index in [4.69, 9.17) is 4.74 Å². The van der Waals surface area contributed by atoms with Gasteiger partial charge in [-0.1, -0.05) is 6.92 Å². The molecule has 0 spiro atoms. The normalized spacial score (nSPS) is 27.2. The van der Waals surface area contributed by atoms with Crippen LogP contribution in [0.1, 0.15) is 31.5 Å². The topological polar surface area (TPSA) is 25.4 Å². The van der Waals surface area contributed by atoms with Gasteiger partial charge in [0.05, 0.1) is 23.4 Å². The molecule has 2 heterocycles. The van der Waals surface area contributed by atoms with Crippen molar-refractivity contribution >= 4 is 11.3 Å². The van der Waals surface area contributed by atoms with E-state index >= 15 is 0 Å². The first-order chi connectivity index (χ1) is 7.69. The van der Waals surface area contributed by atoms with E-state index in [0.717, 1.165) is 26.1 Å². The Balaban J connectivity index is 1.97. The van der Waals surface area contributed by atoms with Gasteiger partial charge in [-0.3, -0.25) is 4.90 Å². The minimum absolute atomic E-state index is 0.348. The average molecular weight is 240 g/mol. The lowest BCUT2D eigenvalue weighted by Crippen LogP contribution is -2.46. The maximum absolute atomic E-state index is 5.62. The lowest BCUT2D eigenvalue weighted by Gasteiger charge is -2.36. The molecule has 2 rings (SSSR count). The Morgan fingerprint density at radius 1 is 1.56 bits per heavy atom. The van der Waals surface area contributed by atoms with E-state index in [2.05, 4.69) is 36.0 Å². The van der Waals surface area contributed by atoms with Crippen molar-refractivity contribution in [3.05, 3.63) is 16.1 Å². The van der Waals surface area contributed by atoms with Crippen LogP contribution in [0.3, 0.4) is 0 Å². The van der Waals surface area contributed by atoms with Gasteiger partial charge in [0.15, 0.2) is 0 Å². The Bertz CT molecular complexity index is 340. The lowest BCUT2D eigenvalue weighted by atomic mass is 10.2. The molecular formula is C12H20N2OS. The number of aromatic nitrogens is 1. The van der Waals surface area contributed by atoms with Gasteiger partial charge in [-0.25, -0.2) is 4.98 Å². The summed E-state index contributed by atoms with van der Waals surface area (Å²) in [5.41, 5.74) is 1.21. The number of nitrogens with zero attached hydrogens (tertiary/aromatic N) is 2. The fraction of sp³-hybridized carbons (Fsp3) is 0.750. The van der Waals surface area contributed by atoms with Crippen molar-refractivity contribution in [2.75, 3.05) is 13.2 Å². The highest BCUT2D eigenvalue weighted by Crippen LogP contribution is 2.17. The summed E-state index contributed by atoms with van der Waals surface area (Å²) < 4.78 is 5.62. The Morgan fingerprint density at radius 2 is 2.38 bits per heavy atom. The van der Waals surface area contributed by atoms with Crippen LogP contribution in [-0.2, 0) is 17.7 Å². The molecule has 4 heteroatoms. The van der Waals surface area contributed by atoms with E-state index in [9.17, 15) is 0 Å². The van der Waals surface area contributed by atoms with Crippen LogP contribution in [0.15, 0.2) is 5.38 Å². The van der Waals surface area contributed by atoms with Crippen LogP contribution in [-0.4, -0.2) is 35.2 Å². The highest BCUT2D eigenvalue weighted by Gasteiger charge is 2.23. The summed E-state index contributed by atoms with van der Waals surface area (Å²) in [4.78, 5) is 7.08. The fourth-order valence-corrected chi connectivity index (χ4v) is 2.72. The monoisotopic (exact) mass is 240 g/mol. The van der Waals surface area contributed by atoms with Gasteiger partial charge in [0.25, 0.3) is 0 Å². The van der Waals surface area contributed by atoms with Crippen molar-refractivity contribution in [2.45, 2.75) is 45.9 Å². The first kappa shape index (κ1) is 12.0. The Morgan fingerprint density at radius 3 is 3.06 bits per heavy atom. The summed E-state index contributed by atoms with van der Waals surface area (Å²) in [6.45, 7) is 9.33. The van der Waals surface area contributed by atoms with Gasteiger partial charge in [-0.05, 0) is 20.3 Å². The third-order valence-corrected chi connectivity index (χ3v) is 4.05. The number of hydrogen-bond acceptors (Lipinski definition) is 4. The molecule has 90 valence electrons. The maximum atomic E-state index is 5.62. The van der Waals surface area contributed by atoms with Crippen LogP contribution in [0.2, 0.25) is 0 Å².